The van der Waals surface area contributed by atoms with E-state index in [4.69, 9.17) is 0 Å². The van der Waals surface area contributed by atoms with E-state index in [0.29, 0.717) is 6.54 Å². The summed E-state index contributed by atoms with van der Waals surface area (Å²) in [5, 5.41) is 12.0. The molecule has 2 heterocycles. The molecule has 0 bridgehead atoms. The lowest BCUT2D eigenvalue weighted by Gasteiger charge is -2.20. The Bertz CT molecular complexity index is 642. The average Bonchev–Trinajstić information content (AvgIpc) is 3.04. The molecule has 1 aromatic carbocycles. The fraction of sp³-hybridized carbons (Fsp3) is 0.438. The maximum atomic E-state index is 13.5. The van der Waals surface area contributed by atoms with Crippen LogP contribution in [0.15, 0.2) is 29.6 Å². The van der Waals surface area contributed by atoms with Gasteiger partial charge in [-0.1, -0.05) is 29.8 Å². The fourth-order valence-electron chi connectivity index (χ4n) is 2.74. The summed E-state index contributed by atoms with van der Waals surface area (Å²) in [5.41, 5.74) is 3.08. The summed E-state index contributed by atoms with van der Waals surface area (Å²) in [4.78, 5) is 6.16. The Kier molecular flexibility index (Phi) is 4.25. The third kappa shape index (κ3) is 3.34. The number of benzene rings is 1. The van der Waals surface area contributed by atoms with Crippen molar-refractivity contribution < 1.29 is 13.9 Å². The van der Waals surface area contributed by atoms with Gasteiger partial charge in [-0.2, -0.15) is 0 Å². The van der Waals surface area contributed by atoms with E-state index < -0.39 is 12.0 Å². The molecule has 3 rings (SSSR count). The summed E-state index contributed by atoms with van der Waals surface area (Å²) in [7, 11) is 0. The molecule has 0 amide bonds. The van der Waals surface area contributed by atoms with Gasteiger partial charge in [0.1, 0.15) is 5.01 Å². The first-order valence-corrected chi connectivity index (χ1v) is 8.09. The molecule has 6 heteroatoms. The van der Waals surface area contributed by atoms with E-state index in [1.807, 2.05) is 36.6 Å². The standard InChI is InChI=1S/C16H18F2N2OS/c1-11-2-4-12(5-3-11)14-9-22-15(19-14)7-20-10-16(17,18)6-13(20)8-21/h2-5,9,13,21H,6-8,10H2,1H3. The molecule has 0 spiro atoms. The van der Waals surface area contributed by atoms with Gasteiger partial charge in [-0.25, -0.2) is 13.8 Å². The molecule has 1 fully saturated rings. The normalized spacial score (nSPS) is 21.4. The van der Waals surface area contributed by atoms with E-state index >= 15 is 0 Å². The van der Waals surface area contributed by atoms with Crippen molar-refractivity contribution in [3.63, 3.8) is 0 Å². The van der Waals surface area contributed by atoms with Gasteiger partial charge in [0.05, 0.1) is 25.4 Å². The van der Waals surface area contributed by atoms with E-state index in [9.17, 15) is 13.9 Å². The summed E-state index contributed by atoms with van der Waals surface area (Å²) < 4.78 is 26.9. The van der Waals surface area contributed by atoms with Crippen molar-refractivity contribution >= 4 is 11.3 Å². The Balaban J connectivity index is 1.73. The molecule has 1 saturated heterocycles. The highest BCUT2D eigenvalue weighted by molar-refractivity contribution is 7.09. The van der Waals surface area contributed by atoms with Gasteiger partial charge in [-0.15, -0.1) is 11.3 Å². The quantitative estimate of drug-likeness (QED) is 0.937. The van der Waals surface area contributed by atoms with Crippen LogP contribution < -0.4 is 0 Å². The minimum absolute atomic E-state index is 0.244. The van der Waals surface area contributed by atoms with Crippen molar-refractivity contribution in [1.29, 1.82) is 0 Å². The highest BCUT2D eigenvalue weighted by atomic mass is 32.1. The number of aromatic nitrogens is 1. The number of nitrogens with zero attached hydrogens (tertiary/aromatic N) is 2. The van der Waals surface area contributed by atoms with Crippen LogP contribution in [0.25, 0.3) is 11.3 Å². The number of aliphatic hydroxyl groups excluding tert-OH is 1. The molecule has 0 aliphatic carbocycles. The molecule has 2 aromatic rings. The first-order chi connectivity index (χ1) is 10.5. The van der Waals surface area contributed by atoms with Gasteiger partial charge < -0.3 is 5.11 Å². The van der Waals surface area contributed by atoms with Gasteiger partial charge in [0, 0.05) is 23.4 Å². The second-order valence-electron chi connectivity index (χ2n) is 5.79. The SMILES string of the molecule is Cc1ccc(-c2csc(CN3CC(F)(F)CC3CO)n2)cc1. The van der Waals surface area contributed by atoms with Gasteiger partial charge in [0.15, 0.2) is 0 Å². The minimum atomic E-state index is -2.72. The van der Waals surface area contributed by atoms with E-state index in [1.165, 1.54) is 16.9 Å². The Morgan fingerprint density at radius 3 is 2.77 bits per heavy atom. The molecule has 0 saturated carbocycles. The maximum absolute atomic E-state index is 13.5. The van der Waals surface area contributed by atoms with Crippen molar-refractivity contribution in [1.82, 2.24) is 9.88 Å². The predicted molar refractivity (Wildman–Crippen MR) is 83.1 cm³/mol. The highest BCUT2D eigenvalue weighted by Crippen LogP contribution is 2.33. The minimum Gasteiger partial charge on any atom is -0.395 e. The topological polar surface area (TPSA) is 36.4 Å². The Labute approximate surface area is 132 Å². The smallest absolute Gasteiger partial charge is 0.262 e. The van der Waals surface area contributed by atoms with Crippen LogP contribution in [0.2, 0.25) is 0 Å². The van der Waals surface area contributed by atoms with Crippen molar-refractivity contribution in [3.05, 3.63) is 40.2 Å². The molecule has 1 N–H and O–H groups in total. The van der Waals surface area contributed by atoms with Crippen LogP contribution in [0.5, 0.6) is 0 Å². The number of thiazole rings is 1. The molecule has 3 nitrogen and oxygen atoms in total. The zero-order chi connectivity index (χ0) is 15.7. The number of aryl methyl sites for hydroxylation is 1. The molecule has 118 valence electrons. The fourth-order valence-corrected chi connectivity index (χ4v) is 3.57. The summed E-state index contributed by atoms with van der Waals surface area (Å²) in [6, 6.07) is 7.58. The molecule has 1 aromatic heterocycles. The predicted octanol–water partition coefficient (Wildman–Crippen LogP) is 3.32. The van der Waals surface area contributed by atoms with Crippen LogP contribution in [0.1, 0.15) is 17.0 Å². The van der Waals surface area contributed by atoms with Crippen molar-refractivity contribution in [2.24, 2.45) is 0 Å². The number of alkyl halides is 2. The Morgan fingerprint density at radius 1 is 1.36 bits per heavy atom. The number of likely N-dealkylation sites (tertiary alicyclic amines) is 1. The third-order valence-electron chi connectivity index (χ3n) is 3.93. The number of rotatable bonds is 4. The highest BCUT2D eigenvalue weighted by Gasteiger charge is 2.44. The Morgan fingerprint density at radius 2 is 2.09 bits per heavy atom. The average molecular weight is 324 g/mol. The summed E-state index contributed by atoms with van der Waals surface area (Å²) >= 11 is 1.47. The van der Waals surface area contributed by atoms with Crippen molar-refractivity contribution in [3.8, 4) is 11.3 Å². The lowest BCUT2D eigenvalue weighted by atomic mass is 10.1. The first-order valence-electron chi connectivity index (χ1n) is 7.21. The molecule has 0 radical (unpaired) electrons. The Hall–Kier alpha value is -1.37. The lowest BCUT2D eigenvalue weighted by molar-refractivity contribution is 0.0112. The third-order valence-corrected chi connectivity index (χ3v) is 4.77. The number of hydrogen-bond donors (Lipinski definition) is 1. The molecule has 22 heavy (non-hydrogen) atoms. The van der Waals surface area contributed by atoms with Gasteiger partial charge in [0.25, 0.3) is 5.92 Å². The molecule has 1 aliphatic heterocycles. The van der Waals surface area contributed by atoms with Crippen LogP contribution in [-0.4, -0.2) is 40.1 Å². The van der Waals surface area contributed by atoms with E-state index in [1.54, 1.807) is 4.90 Å². The number of halogens is 2. The summed E-state index contributed by atoms with van der Waals surface area (Å²) in [6.45, 7) is 1.83. The van der Waals surface area contributed by atoms with E-state index in [0.717, 1.165) is 16.3 Å². The molecule has 1 aliphatic rings. The zero-order valence-corrected chi connectivity index (χ0v) is 13.1. The maximum Gasteiger partial charge on any atom is 0.262 e. The van der Waals surface area contributed by atoms with Gasteiger partial charge in [0.2, 0.25) is 0 Å². The van der Waals surface area contributed by atoms with Gasteiger partial charge in [-0.3, -0.25) is 4.90 Å². The van der Waals surface area contributed by atoms with Crippen LogP contribution in [-0.2, 0) is 6.54 Å². The van der Waals surface area contributed by atoms with Crippen molar-refractivity contribution in [2.45, 2.75) is 31.9 Å². The number of hydrogen-bond acceptors (Lipinski definition) is 4. The molecule has 1 atom stereocenters. The second kappa shape index (κ2) is 6.02. The van der Waals surface area contributed by atoms with E-state index in [-0.39, 0.29) is 19.6 Å². The van der Waals surface area contributed by atoms with Crippen LogP contribution >= 0.6 is 11.3 Å². The number of aliphatic hydroxyl groups is 1. The largest absolute Gasteiger partial charge is 0.395 e. The van der Waals surface area contributed by atoms with Crippen LogP contribution in [0, 0.1) is 6.92 Å². The first kappa shape index (κ1) is 15.5. The molecular formula is C16H18F2N2OS. The van der Waals surface area contributed by atoms with Gasteiger partial charge >= 0.3 is 0 Å². The monoisotopic (exact) mass is 324 g/mol. The van der Waals surface area contributed by atoms with Gasteiger partial charge in [-0.05, 0) is 6.92 Å². The second-order valence-corrected chi connectivity index (χ2v) is 6.74. The van der Waals surface area contributed by atoms with E-state index in [2.05, 4.69) is 4.98 Å². The summed E-state index contributed by atoms with van der Waals surface area (Å²) in [6.07, 6.45) is -0.278. The van der Waals surface area contributed by atoms with Crippen LogP contribution in [0.4, 0.5) is 8.78 Å². The molecule has 1 unspecified atom stereocenters. The van der Waals surface area contributed by atoms with Crippen molar-refractivity contribution in [2.75, 3.05) is 13.2 Å². The van der Waals surface area contributed by atoms with Crippen LogP contribution in [0.3, 0.4) is 0 Å². The molecular weight excluding hydrogens is 306 g/mol. The lowest BCUT2D eigenvalue weighted by Crippen LogP contribution is -2.32. The zero-order valence-electron chi connectivity index (χ0n) is 12.3. The summed E-state index contributed by atoms with van der Waals surface area (Å²) in [5.74, 6) is -2.72.